The highest BCUT2D eigenvalue weighted by Crippen LogP contribution is 2.11. The molecule has 0 fully saturated rings. The second kappa shape index (κ2) is 19.0. The number of carbonyl (C=O) groups is 2. The number of carboxylic acid groups (broad SMARTS) is 1. The first-order valence-electron chi connectivity index (χ1n) is 10.1. The van der Waals surface area contributed by atoms with Crippen molar-refractivity contribution in [2.75, 3.05) is 7.11 Å². The van der Waals surface area contributed by atoms with Crippen molar-refractivity contribution in [2.45, 2.75) is 103 Å². The highest BCUT2D eigenvalue weighted by molar-refractivity contribution is 5.69. The van der Waals surface area contributed by atoms with Crippen LogP contribution >= 0.6 is 0 Å². The van der Waals surface area contributed by atoms with E-state index < -0.39 is 5.97 Å². The zero-order chi connectivity index (χ0) is 18.6. The molecular formula is C21H38O4. The molecule has 0 spiro atoms. The van der Waals surface area contributed by atoms with E-state index in [0.29, 0.717) is 12.8 Å². The Kier molecular flexibility index (Phi) is 18.0. The van der Waals surface area contributed by atoms with Gasteiger partial charge in [0.2, 0.25) is 0 Å². The molecule has 0 heterocycles. The fourth-order valence-electron chi connectivity index (χ4n) is 2.82. The summed E-state index contributed by atoms with van der Waals surface area (Å²) in [5.41, 5.74) is 0. The molecule has 0 rings (SSSR count). The van der Waals surface area contributed by atoms with Gasteiger partial charge in [-0.25, -0.2) is 0 Å². The first kappa shape index (κ1) is 23.7. The molecule has 0 aromatic heterocycles. The number of aliphatic carboxylic acids is 1. The van der Waals surface area contributed by atoms with Crippen LogP contribution in [0.4, 0.5) is 0 Å². The number of hydrogen-bond acceptors (Lipinski definition) is 3. The van der Waals surface area contributed by atoms with E-state index in [0.717, 1.165) is 32.1 Å². The lowest BCUT2D eigenvalue weighted by molar-refractivity contribution is -0.141. The van der Waals surface area contributed by atoms with Crippen LogP contribution in [0.3, 0.4) is 0 Å². The molecule has 0 bridgehead atoms. The average molecular weight is 355 g/mol. The van der Waals surface area contributed by atoms with Crippen LogP contribution in [-0.4, -0.2) is 24.2 Å². The third-order valence-corrected chi connectivity index (χ3v) is 4.41. The number of methoxy groups -OCH3 is 1. The van der Waals surface area contributed by atoms with Gasteiger partial charge in [0.15, 0.2) is 0 Å². The monoisotopic (exact) mass is 354 g/mol. The first-order chi connectivity index (χ1) is 12.2. The number of ether oxygens (including phenoxy) is 1. The largest absolute Gasteiger partial charge is 0.481 e. The Labute approximate surface area is 154 Å². The van der Waals surface area contributed by atoms with Gasteiger partial charge < -0.3 is 9.84 Å². The molecule has 0 aromatic carbocycles. The Balaban J connectivity index is 3.13. The molecule has 1 N–H and O–H groups in total. The normalized spacial score (nSPS) is 11.1. The Morgan fingerprint density at radius 3 is 1.52 bits per heavy atom. The zero-order valence-electron chi connectivity index (χ0n) is 16.1. The quantitative estimate of drug-likeness (QED) is 0.185. The third kappa shape index (κ3) is 20.6. The Bertz CT molecular complexity index is 350. The Hall–Kier alpha value is -1.32. The third-order valence-electron chi connectivity index (χ3n) is 4.41. The number of carbonyl (C=O) groups excluding carboxylic acids is 1. The van der Waals surface area contributed by atoms with E-state index in [1.165, 1.54) is 64.9 Å². The van der Waals surface area contributed by atoms with Crippen LogP contribution in [0.1, 0.15) is 103 Å². The molecule has 146 valence electrons. The minimum absolute atomic E-state index is 0.0941. The van der Waals surface area contributed by atoms with Crippen molar-refractivity contribution < 1.29 is 19.4 Å². The summed E-state index contributed by atoms with van der Waals surface area (Å²) >= 11 is 0. The predicted molar refractivity (Wildman–Crippen MR) is 103 cm³/mol. The summed E-state index contributed by atoms with van der Waals surface area (Å²) in [6, 6.07) is 0. The van der Waals surface area contributed by atoms with Crippen LogP contribution in [-0.2, 0) is 14.3 Å². The maximum absolute atomic E-state index is 10.9. The Morgan fingerprint density at radius 2 is 1.08 bits per heavy atom. The molecule has 0 aliphatic rings. The second-order valence-electron chi connectivity index (χ2n) is 6.76. The summed E-state index contributed by atoms with van der Waals surface area (Å²) in [4.78, 5) is 21.3. The molecule has 0 saturated carbocycles. The van der Waals surface area contributed by atoms with Gasteiger partial charge in [-0.2, -0.15) is 0 Å². The van der Waals surface area contributed by atoms with E-state index in [1.54, 1.807) is 0 Å². The van der Waals surface area contributed by atoms with Crippen molar-refractivity contribution in [1.82, 2.24) is 0 Å². The van der Waals surface area contributed by atoms with Crippen molar-refractivity contribution in [1.29, 1.82) is 0 Å². The van der Waals surface area contributed by atoms with Gasteiger partial charge in [-0.15, -0.1) is 0 Å². The Morgan fingerprint density at radius 1 is 0.680 bits per heavy atom. The number of allylic oxidation sites excluding steroid dienone is 2. The second-order valence-corrected chi connectivity index (χ2v) is 6.76. The first-order valence-corrected chi connectivity index (χ1v) is 10.1. The zero-order valence-corrected chi connectivity index (χ0v) is 16.1. The molecule has 0 atom stereocenters. The molecule has 0 unspecified atom stereocenters. The molecular weight excluding hydrogens is 316 g/mol. The fraction of sp³-hybridized carbons (Fsp3) is 0.810. The molecule has 4 heteroatoms. The van der Waals surface area contributed by atoms with Crippen molar-refractivity contribution in [3.8, 4) is 0 Å². The van der Waals surface area contributed by atoms with Gasteiger partial charge in [-0.1, -0.05) is 63.5 Å². The lowest BCUT2D eigenvalue weighted by Crippen LogP contribution is -1.99. The van der Waals surface area contributed by atoms with E-state index in [1.807, 2.05) is 0 Å². The summed E-state index contributed by atoms with van der Waals surface area (Å²) in [5.74, 6) is -0.771. The minimum Gasteiger partial charge on any atom is -0.481 e. The van der Waals surface area contributed by atoms with Crippen LogP contribution in [0.5, 0.6) is 0 Å². The van der Waals surface area contributed by atoms with Crippen LogP contribution in [0.15, 0.2) is 12.2 Å². The SMILES string of the molecule is COC(=O)CCCCCCCCC=CCCCCCCCCC(=O)O. The van der Waals surface area contributed by atoms with Gasteiger partial charge in [-0.05, 0) is 38.5 Å². The highest BCUT2D eigenvalue weighted by Gasteiger charge is 1.99. The van der Waals surface area contributed by atoms with Crippen molar-refractivity contribution in [2.24, 2.45) is 0 Å². The minimum atomic E-state index is -0.677. The number of unbranched alkanes of at least 4 members (excludes halogenated alkanes) is 12. The summed E-state index contributed by atoms with van der Waals surface area (Å²) in [5, 5.41) is 8.54. The highest BCUT2D eigenvalue weighted by atomic mass is 16.5. The standard InChI is InChI=1S/C21H38O4/c1-25-21(24)19-17-15-13-11-9-7-5-3-2-4-6-8-10-12-14-16-18-20(22)23/h2-3H,4-19H2,1H3,(H,22,23). The topological polar surface area (TPSA) is 63.6 Å². The molecule has 0 aliphatic carbocycles. The molecule has 0 saturated heterocycles. The summed E-state index contributed by atoms with van der Waals surface area (Å²) < 4.78 is 4.62. The van der Waals surface area contributed by atoms with Crippen molar-refractivity contribution in [3.05, 3.63) is 12.2 Å². The van der Waals surface area contributed by atoms with Gasteiger partial charge in [0, 0.05) is 12.8 Å². The van der Waals surface area contributed by atoms with E-state index in [4.69, 9.17) is 5.11 Å². The summed E-state index contributed by atoms with van der Waals surface area (Å²) in [6.45, 7) is 0. The van der Waals surface area contributed by atoms with Crippen LogP contribution in [0, 0.1) is 0 Å². The smallest absolute Gasteiger partial charge is 0.305 e. The number of esters is 1. The van der Waals surface area contributed by atoms with E-state index in [9.17, 15) is 9.59 Å². The molecule has 0 aromatic rings. The maximum Gasteiger partial charge on any atom is 0.305 e. The van der Waals surface area contributed by atoms with Crippen molar-refractivity contribution >= 4 is 11.9 Å². The summed E-state index contributed by atoms with van der Waals surface area (Å²) in [7, 11) is 1.45. The number of rotatable bonds is 18. The lowest BCUT2D eigenvalue weighted by atomic mass is 10.1. The summed E-state index contributed by atoms with van der Waals surface area (Å²) in [6.07, 6.45) is 21.7. The average Bonchev–Trinajstić information content (AvgIpc) is 2.60. The number of hydrogen-bond donors (Lipinski definition) is 1. The molecule has 0 amide bonds. The van der Waals surface area contributed by atoms with Gasteiger partial charge in [0.25, 0.3) is 0 Å². The van der Waals surface area contributed by atoms with Gasteiger partial charge in [0.1, 0.15) is 0 Å². The van der Waals surface area contributed by atoms with Crippen molar-refractivity contribution in [3.63, 3.8) is 0 Å². The van der Waals surface area contributed by atoms with Crippen LogP contribution in [0.25, 0.3) is 0 Å². The molecule has 0 radical (unpaired) electrons. The predicted octanol–water partition coefficient (Wildman–Crippen LogP) is 6.04. The lowest BCUT2D eigenvalue weighted by Gasteiger charge is -2.01. The van der Waals surface area contributed by atoms with Crippen LogP contribution < -0.4 is 0 Å². The molecule has 0 aliphatic heterocycles. The van der Waals surface area contributed by atoms with E-state index >= 15 is 0 Å². The molecule has 25 heavy (non-hydrogen) atoms. The fourth-order valence-corrected chi connectivity index (χ4v) is 2.82. The van der Waals surface area contributed by atoms with Gasteiger partial charge in [-0.3, -0.25) is 9.59 Å². The van der Waals surface area contributed by atoms with Gasteiger partial charge >= 0.3 is 11.9 Å². The van der Waals surface area contributed by atoms with Gasteiger partial charge in [0.05, 0.1) is 7.11 Å². The molecule has 4 nitrogen and oxygen atoms in total. The maximum atomic E-state index is 10.9. The van der Waals surface area contributed by atoms with Crippen LogP contribution in [0.2, 0.25) is 0 Å². The number of carboxylic acids is 1. The van der Waals surface area contributed by atoms with E-state index in [-0.39, 0.29) is 5.97 Å². The van der Waals surface area contributed by atoms with E-state index in [2.05, 4.69) is 16.9 Å².